The van der Waals surface area contributed by atoms with Crippen molar-refractivity contribution in [1.29, 1.82) is 0 Å². The highest BCUT2D eigenvalue weighted by Gasteiger charge is 2.35. The van der Waals surface area contributed by atoms with Crippen molar-refractivity contribution in [3.8, 4) is 0 Å². The second-order valence-electron chi connectivity index (χ2n) is 6.88. The molecule has 0 spiro atoms. The van der Waals surface area contributed by atoms with Crippen LogP contribution in [0.25, 0.3) is 0 Å². The van der Waals surface area contributed by atoms with Crippen molar-refractivity contribution in [3.63, 3.8) is 0 Å². The molecule has 126 valence electrons. The molecule has 1 aliphatic rings. The van der Waals surface area contributed by atoms with Gasteiger partial charge in [0.1, 0.15) is 0 Å². The van der Waals surface area contributed by atoms with E-state index in [4.69, 9.17) is 15.4 Å². The van der Waals surface area contributed by atoms with E-state index in [1.54, 1.807) is 0 Å². The summed E-state index contributed by atoms with van der Waals surface area (Å²) in [5.41, 5.74) is -0.312. The minimum absolute atomic E-state index is 0.0341. The van der Waals surface area contributed by atoms with Gasteiger partial charge in [-0.3, -0.25) is 0 Å². The largest absolute Gasteiger partial charge is 0.378 e. The van der Waals surface area contributed by atoms with E-state index in [0.29, 0.717) is 12.7 Å². The lowest BCUT2D eigenvalue weighted by Crippen LogP contribution is -2.36. The Morgan fingerprint density at radius 1 is 1.10 bits per heavy atom. The van der Waals surface area contributed by atoms with Gasteiger partial charge in [0.05, 0.1) is 18.5 Å². The molecule has 3 nitrogen and oxygen atoms in total. The van der Waals surface area contributed by atoms with Crippen molar-refractivity contribution in [2.45, 2.75) is 78.2 Å². The zero-order chi connectivity index (χ0) is 15.9. The fourth-order valence-corrected chi connectivity index (χ4v) is 5.37. The van der Waals surface area contributed by atoms with Crippen molar-refractivity contribution in [3.05, 3.63) is 0 Å². The molecule has 1 rings (SSSR count). The third-order valence-electron chi connectivity index (χ3n) is 4.63. The molecular formula is C16H31ClO3S. The molecule has 0 aromatic carbocycles. The molecule has 0 saturated heterocycles. The van der Waals surface area contributed by atoms with Gasteiger partial charge in [0, 0.05) is 16.1 Å². The predicted molar refractivity (Wildman–Crippen MR) is 89.3 cm³/mol. The van der Waals surface area contributed by atoms with E-state index >= 15 is 0 Å². The molecular weight excluding hydrogens is 308 g/mol. The summed E-state index contributed by atoms with van der Waals surface area (Å²) in [6.45, 7) is 7.00. The molecule has 0 bridgehead atoms. The van der Waals surface area contributed by atoms with Gasteiger partial charge in [-0.25, -0.2) is 8.42 Å². The summed E-state index contributed by atoms with van der Waals surface area (Å²) in [6, 6.07) is 0. The topological polar surface area (TPSA) is 43.4 Å². The summed E-state index contributed by atoms with van der Waals surface area (Å²) < 4.78 is 29.3. The van der Waals surface area contributed by atoms with Crippen LogP contribution in [0.3, 0.4) is 0 Å². The highest BCUT2D eigenvalue weighted by molar-refractivity contribution is 8.13. The van der Waals surface area contributed by atoms with Crippen LogP contribution in [-0.2, 0) is 13.8 Å². The van der Waals surface area contributed by atoms with Crippen LogP contribution >= 0.6 is 10.7 Å². The first-order valence-corrected chi connectivity index (χ1v) is 10.8. The number of hydrogen-bond acceptors (Lipinski definition) is 3. The molecule has 0 radical (unpaired) electrons. The maximum absolute atomic E-state index is 11.6. The summed E-state index contributed by atoms with van der Waals surface area (Å²) in [7, 11) is 2.05. The molecule has 0 aromatic heterocycles. The normalized spacial score (nSPS) is 24.2. The van der Waals surface area contributed by atoms with Crippen LogP contribution in [0.15, 0.2) is 0 Å². The third-order valence-corrected chi connectivity index (χ3v) is 5.91. The van der Waals surface area contributed by atoms with Crippen LogP contribution in [0.4, 0.5) is 0 Å². The lowest BCUT2D eigenvalue weighted by Gasteiger charge is -2.35. The van der Waals surface area contributed by atoms with E-state index in [2.05, 4.69) is 20.8 Å². The Balaban J connectivity index is 2.66. The Morgan fingerprint density at radius 2 is 1.62 bits per heavy atom. The van der Waals surface area contributed by atoms with Crippen LogP contribution in [0.5, 0.6) is 0 Å². The summed E-state index contributed by atoms with van der Waals surface area (Å²) in [5, 5.41) is 0. The van der Waals surface area contributed by atoms with Crippen LogP contribution in [0.1, 0.15) is 72.1 Å². The van der Waals surface area contributed by atoms with Gasteiger partial charge in [0.25, 0.3) is 0 Å². The van der Waals surface area contributed by atoms with E-state index in [-0.39, 0.29) is 11.2 Å². The maximum atomic E-state index is 11.6. The van der Waals surface area contributed by atoms with Gasteiger partial charge in [-0.2, -0.15) is 0 Å². The Hall–Kier alpha value is 0.200. The summed E-state index contributed by atoms with van der Waals surface area (Å²) in [6.07, 6.45) is 8.56. The summed E-state index contributed by atoms with van der Waals surface area (Å²) >= 11 is 0. The molecule has 1 saturated carbocycles. The minimum Gasteiger partial charge on any atom is -0.378 e. The molecule has 21 heavy (non-hydrogen) atoms. The number of halogens is 1. The van der Waals surface area contributed by atoms with E-state index in [1.165, 1.54) is 12.8 Å². The Labute approximate surface area is 135 Å². The van der Waals surface area contributed by atoms with Gasteiger partial charge >= 0.3 is 0 Å². The van der Waals surface area contributed by atoms with Crippen LogP contribution in [-0.4, -0.2) is 26.9 Å². The van der Waals surface area contributed by atoms with Gasteiger partial charge < -0.3 is 4.74 Å². The Morgan fingerprint density at radius 3 is 2.05 bits per heavy atom. The zero-order valence-electron chi connectivity index (χ0n) is 13.7. The molecule has 5 heteroatoms. The number of rotatable bonds is 9. The van der Waals surface area contributed by atoms with E-state index in [1.807, 2.05) is 0 Å². The lowest BCUT2D eigenvalue weighted by atomic mass is 9.81. The van der Waals surface area contributed by atoms with Gasteiger partial charge in [-0.05, 0) is 44.4 Å². The van der Waals surface area contributed by atoms with Crippen molar-refractivity contribution < 1.29 is 13.2 Å². The standard InChI is InChI=1S/C16H31ClO3S/c1-4-10-16(11-5-2,13-21(17,18)19)12-20-15-8-6-14(3)7-9-15/h14-15H,4-13H2,1-3H3. The van der Waals surface area contributed by atoms with Gasteiger partial charge in [-0.1, -0.05) is 33.6 Å². The average molecular weight is 339 g/mol. The van der Waals surface area contributed by atoms with E-state index < -0.39 is 9.05 Å². The monoisotopic (exact) mass is 338 g/mol. The lowest BCUT2D eigenvalue weighted by molar-refractivity contribution is -0.0299. The van der Waals surface area contributed by atoms with Gasteiger partial charge in [0.2, 0.25) is 9.05 Å². The maximum Gasteiger partial charge on any atom is 0.233 e. The second-order valence-corrected chi connectivity index (χ2v) is 9.65. The van der Waals surface area contributed by atoms with Crippen LogP contribution in [0.2, 0.25) is 0 Å². The molecule has 0 aliphatic heterocycles. The van der Waals surface area contributed by atoms with Crippen molar-refractivity contribution in [2.75, 3.05) is 12.4 Å². The Bertz CT molecular complexity index is 380. The minimum atomic E-state index is -3.50. The molecule has 0 N–H and O–H groups in total. The highest BCUT2D eigenvalue weighted by Crippen LogP contribution is 2.35. The van der Waals surface area contributed by atoms with Crippen molar-refractivity contribution in [1.82, 2.24) is 0 Å². The first-order valence-electron chi connectivity index (χ1n) is 8.34. The first kappa shape index (κ1) is 19.2. The third kappa shape index (κ3) is 7.34. The van der Waals surface area contributed by atoms with E-state index in [0.717, 1.165) is 44.4 Å². The SMILES string of the molecule is CCCC(CCC)(COC1CCC(C)CC1)CS(=O)(=O)Cl. The van der Waals surface area contributed by atoms with Gasteiger partial charge in [-0.15, -0.1) is 0 Å². The quantitative estimate of drug-likeness (QED) is 0.570. The van der Waals surface area contributed by atoms with Crippen LogP contribution < -0.4 is 0 Å². The van der Waals surface area contributed by atoms with Crippen molar-refractivity contribution >= 4 is 19.7 Å². The summed E-state index contributed by atoms with van der Waals surface area (Å²) in [4.78, 5) is 0. The highest BCUT2D eigenvalue weighted by atomic mass is 35.7. The second kappa shape index (κ2) is 8.73. The summed E-state index contributed by atoms with van der Waals surface area (Å²) in [5.74, 6) is 0.830. The zero-order valence-corrected chi connectivity index (χ0v) is 15.3. The molecule has 0 heterocycles. The number of ether oxygens (including phenoxy) is 1. The van der Waals surface area contributed by atoms with Crippen molar-refractivity contribution in [2.24, 2.45) is 11.3 Å². The van der Waals surface area contributed by atoms with E-state index in [9.17, 15) is 8.42 Å². The average Bonchev–Trinajstić information content (AvgIpc) is 2.37. The molecule has 0 aromatic rings. The smallest absolute Gasteiger partial charge is 0.233 e. The van der Waals surface area contributed by atoms with Gasteiger partial charge in [0.15, 0.2) is 0 Å². The fraction of sp³-hybridized carbons (Fsp3) is 1.00. The Kier molecular flexibility index (Phi) is 8.00. The molecule has 1 aliphatic carbocycles. The fourth-order valence-electron chi connectivity index (χ4n) is 3.57. The molecule has 0 atom stereocenters. The first-order chi connectivity index (χ1) is 9.80. The predicted octanol–water partition coefficient (Wildman–Crippen LogP) is 4.74. The number of hydrogen-bond donors (Lipinski definition) is 0. The molecule has 0 unspecified atom stereocenters. The molecule has 1 fully saturated rings. The van der Waals surface area contributed by atoms with Crippen LogP contribution in [0, 0.1) is 11.3 Å². The molecule has 0 amide bonds.